The molecule has 0 aliphatic carbocycles. The second kappa shape index (κ2) is 7.98. The van der Waals surface area contributed by atoms with Gasteiger partial charge in [0.2, 0.25) is 0 Å². The first-order valence-electron chi connectivity index (χ1n) is 8.98. The SMILES string of the molecule is CNCc1ccc(-c2cc(-c3nc(-c4c[nH]c(=O)c(Cl)c4)cnc3C)on2)cc1. The van der Waals surface area contributed by atoms with Gasteiger partial charge < -0.3 is 14.8 Å². The Kier molecular flexibility index (Phi) is 5.24. The van der Waals surface area contributed by atoms with Crippen molar-refractivity contribution in [2.75, 3.05) is 7.05 Å². The van der Waals surface area contributed by atoms with Crippen molar-refractivity contribution >= 4 is 11.6 Å². The molecule has 0 fully saturated rings. The number of halogens is 1. The van der Waals surface area contributed by atoms with Crippen LogP contribution in [-0.2, 0) is 6.54 Å². The van der Waals surface area contributed by atoms with Gasteiger partial charge in [-0.1, -0.05) is 41.0 Å². The molecule has 29 heavy (non-hydrogen) atoms. The Morgan fingerprint density at radius 2 is 1.93 bits per heavy atom. The number of benzene rings is 1. The zero-order valence-electron chi connectivity index (χ0n) is 15.9. The number of aromatic amines is 1. The predicted octanol–water partition coefficient (Wildman–Crippen LogP) is 3.84. The molecule has 0 atom stereocenters. The summed E-state index contributed by atoms with van der Waals surface area (Å²) in [5, 5.41) is 7.40. The number of rotatable bonds is 5. The number of hydrogen-bond donors (Lipinski definition) is 2. The Hall–Kier alpha value is -3.29. The lowest BCUT2D eigenvalue weighted by Crippen LogP contribution is -2.05. The maximum absolute atomic E-state index is 11.5. The number of hydrogen-bond acceptors (Lipinski definition) is 6. The summed E-state index contributed by atoms with van der Waals surface area (Å²) in [6.07, 6.45) is 3.18. The number of aryl methyl sites for hydroxylation is 1. The minimum absolute atomic E-state index is 0.0927. The molecule has 1 aromatic carbocycles. The summed E-state index contributed by atoms with van der Waals surface area (Å²) >= 11 is 5.93. The molecule has 0 amide bonds. The largest absolute Gasteiger partial charge is 0.354 e. The summed E-state index contributed by atoms with van der Waals surface area (Å²) in [6.45, 7) is 2.65. The van der Waals surface area contributed by atoms with Gasteiger partial charge in [0.1, 0.15) is 16.4 Å². The average molecular weight is 408 g/mol. The van der Waals surface area contributed by atoms with Crippen LogP contribution in [0.5, 0.6) is 0 Å². The number of nitrogens with zero attached hydrogens (tertiary/aromatic N) is 3. The fraction of sp³-hybridized carbons (Fsp3) is 0.143. The van der Waals surface area contributed by atoms with E-state index in [0.717, 1.165) is 17.8 Å². The Morgan fingerprint density at radius 1 is 1.14 bits per heavy atom. The van der Waals surface area contributed by atoms with Crippen molar-refractivity contribution in [1.82, 2.24) is 25.4 Å². The lowest BCUT2D eigenvalue weighted by molar-refractivity contribution is 0.433. The van der Waals surface area contributed by atoms with E-state index < -0.39 is 0 Å². The third-order valence-corrected chi connectivity index (χ3v) is 4.76. The number of nitrogens with one attached hydrogen (secondary N) is 2. The Bertz CT molecular complexity index is 1210. The van der Waals surface area contributed by atoms with E-state index in [-0.39, 0.29) is 10.6 Å². The van der Waals surface area contributed by atoms with Crippen LogP contribution in [-0.4, -0.2) is 27.2 Å². The fourth-order valence-corrected chi connectivity index (χ4v) is 3.12. The highest BCUT2D eigenvalue weighted by Gasteiger charge is 2.15. The maximum atomic E-state index is 11.5. The van der Waals surface area contributed by atoms with Crippen LogP contribution in [0.1, 0.15) is 11.3 Å². The second-order valence-electron chi connectivity index (χ2n) is 6.56. The van der Waals surface area contributed by atoms with Crippen molar-refractivity contribution in [2.24, 2.45) is 0 Å². The second-order valence-corrected chi connectivity index (χ2v) is 6.97. The minimum atomic E-state index is -0.351. The van der Waals surface area contributed by atoms with Gasteiger partial charge >= 0.3 is 0 Å². The molecule has 0 aliphatic heterocycles. The van der Waals surface area contributed by atoms with E-state index >= 15 is 0 Å². The number of aromatic nitrogens is 4. The van der Waals surface area contributed by atoms with Crippen LogP contribution in [0, 0.1) is 6.92 Å². The zero-order valence-corrected chi connectivity index (χ0v) is 16.6. The topological polar surface area (TPSA) is 96.7 Å². The van der Waals surface area contributed by atoms with Gasteiger partial charge in [0.15, 0.2) is 5.76 Å². The molecular weight excluding hydrogens is 390 g/mol. The van der Waals surface area contributed by atoms with Crippen LogP contribution >= 0.6 is 11.6 Å². The molecule has 0 radical (unpaired) electrons. The summed E-state index contributed by atoms with van der Waals surface area (Å²) < 4.78 is 5.55. The van der Waals surface area contributed by atoms with E-state index in [1.54, 1.807) is 18.5 Å². The Labute approximate surface area is 171 Å². The van der Waals surface area contributed by atoms with Crippen molar-refractivity contribution < 1.29 is 4.52 Å². The highest BCUT2D eigenvalue weighted by atomic mass is 35.5. The average Bonchev–Trinajstić information content (AvgIpc) is 3.21. The van der Waals surface area contributed by atoms with Crippen LogP contribution in [0.15, 0.2) is 58.1 Å². The normalized spacial score (nSPS) is 11.0. The smallest absolute Gasteiger partial charge is 0.266 e. The van der Waals surface area contributed by atoms with E-state index in [1.807, 2.05) is 44.3 Å². The van der Waals surface area contributed by atoms with E-state index in [0.29, 0.717) is 28.4 Å². The summed E-state index contributed by atoms with van der Waals surface area (Å²) in [5.41, 5.74) is 5.02. The Balaban J connectivity index is 1.68. The van der Waals surface area contributed by atoms with Crippen LogP contribution in [0.4, 0.5) is 0 Å². The van der Waals surface area contributed by atoms with Crippen molar-refractivity contribution in [3.05, 3.63) is 75.4 Å². The van der Waals surface area contributed by atoms with Crippen LogP contribution < -0.4 is 10.9 Å². The molecule has 146 valence electrons. The third kappa shape index (κ3) is 3.96. The fourth-order valence-electron chi connectivity index (χ4n) is 2.95. The van der Waals surface area contributed by atoms with Crippen molar-refractivity contribution in [3.63, 3.8) is 0 Å². The molecule has 3 aromatic heterocycles. The summed E-state index contributed by atoms with van der Waals surface area (Å²) in [4.78, 5) is 23.1. The van der Waals surface area contributed by atoms with E-state index in [4.69, 9.17) is 16.1 Å². The Morgan fingerprint density at radius 3 is 2.66 bits per heavy atom. The zero-order chi connectivity index (χ0) is 20.4. The van der Waals surface area contributed by atoms with Gasteiger partial charge in [-0.2, -0.15) is 0 Å². The summed E-state index contributed by atoms with van der Waals surface area (Å²) in [5.74, 6) is 0.515. The van der Waals surface area contributed by atoms with Gasteiger partial charge in [-0.15, -0.1) is 0 Å². The van der Waals surface area contributed by atoms with Crippen LogP contribution in [0.25, 0.3) is 34.0 Å². The first-order chi connectivity index (χ1) is 14.0. The van der Waals surface area contributed by atoms with E-state index in [9.17, 15) is 4.79 Å². The first kappa shape index (κ1) is 19.0. The minimum Gasteiger partial charge on any atom is -0.354 e. The van der Waals surface area contributed by atoms with Crippen molar-refractivity contribution in [1.29, 1.82) is 0 Å². The molecule has 0 bridgehead atoms. The third-order valence-electron chi connectivity index (χ3n) is 4.48. The summed E-state index contributed by atoms with van der Waals surface area (Å²) in [6, 6.07) is 11.5. The van der Waals surface area contributed by atoms with Gasteiger partial charge in [0.25, 0.3) is 5.56 Å². The number of pyridine rings is 1. The standard InChI is InChI=1S/C21H18ClN5O2/c1-12-20(26-18(11-24-12)15-7-16(22)21(28)25-10-15)19-8-17(27-29-19)14-5-3-13(4-6-14)9-23-2/h3-8,10-11,23H,9H2,1-2H3,(H,25,28). The highest BCUT2D eigenvalue weighted by molar-refractivity contribution is 6.30. The molecular formula is C21H18ClN5O2. The molecule has 4 rings (SSSR count). The lowest BCUT2D eigenvalue weighted by Gasteiger charge is -2.05. The molecule has 3 heterocycles. The maximum Gasteiger partial charge on any atom is 0.266 e. The molecule has 7 nitrogen and oxygen atoms in total. The molecule has 0 saturated heterocycles. The molecule has 0 spiro atoms. The van der Waals surface area contributed by atoms with Crippen LogP contribution in [0.3, 0.4) is 0 Å². The molecule has 0 aliphatic rings. The molecule has 0 saturated carbocycles. The molecule has 8 heteroatoms. The van der Waals surface area contributed by atoms with Gasteiger partial charge in [-0.3, -0.25) is 9.78 Å². The monoisotopic (exact) mass is 407 g/mol. The van der Waals surface area contributed by atoms with E-state index in [1.165, 1.54) is 5.56 Å². The van der Waals surface area contributed by atoms with E-state index in [2.05, 4.69) is 25.4 Å². The van der Waals surface area contributed by atoms with Crippen LogP contribution in [0.2, 0.25) is 5.02 Å². The van der Waals surface area contributed by atoms with Crippen molar-refractivity contribution in [2.45, 2.75) is 13.5 Å². The van der Waals surface area contributed by atoms with Gasteiger partial charge in [-0.05, 0) is 25.6 Å². The predicted molar refractivity (Wildman–Crippen MR) is 112 cm³/mol. The molecule has 4 aromatic rings. The van der Waals surface area contributed by atoms with Gasteiger partial charge in [-0.25, -0.2) is 4.98 Å². The van der Waals surface area contributed by atoms with Gasteiger partial charge in [0, 0.05) is 29.9 Å². The highest BCUT2D eigenvalue weighted by Crippen LogP contribution is 2.28. The first-order valence-corrected chi connectivity index (χ1v) is 9.36. The number of H-pyrrole nitrogens is 1. The molecule has 0 unspecified atom stereocenters. The quantitative estimate of drug-likeness (QED) is 0.521. The lowest BCUT2D eigenvalue weighted by atomic mass is 10.1. The van der Waals surface area contributed by atoms with Crippen molar-refractivity contribution in [3.8, 4) is 34.0 Å². The summed E-state index contributed by atoms with van der Waals surface area (Å²) in [7, 11) is 1.91. The molecule has 2 N–H and O–H groups in total. The van der Waals surface area contributed by atoms with Gasteiger partial charge in [0.05, 0.1) is 17.6 Å².